The van der Waals surface area contributed by atoms with E-state index in [1.165, 1.54) is 43.4 Å². The minimum Gasteiger partial charge on any atom is -0.260 e. The molecule has 2 aliphatic rings. The summed E-state index contributed by atoms with van der Waals surface area (Å²) >= 11 is 0. The number of nitrogens with zero attached hydrogens (tertiary/aromatic N) is 3. The molecule has 3 nitrogen and oxygen atoms in total. The monoisotopic (exact) mass is 617 g/mol. The molecular formula is C45H35N3. The summed E-state index contributed by atoms with van der Waals surface area (Å²) in [5.74, 6) is 1.21. The predicted molar refractivity (Wildman–Crippen MR) is 201 cm³/mol. The molecule has 0 amide bonds. The molecule has 0 radical (unpaired) electrons. The van der Waals surface area contributed by atoms with Gasteiger partial charge in [-0.25, -0.2) is 9.97 Å². The van der Waals surface area contributed by atoms with Crippen molar-refractivity contribution in [1.29, 1.82) is 0 Å². The third-order valence-corrected chi connectivity index (χ3v) is 10.3. The van der Waals surface area contributed by atoms with E-state index in [0.717, 1.165) is 52.4 Å². The Morgan fingerprint density at radius 1 is 0.667 bits per heavy atom. The number of pyridine rings is 1. The number of aromatic nitrogens is 3. The number of benzene rings is 5. The van der Waals surface area contributed by atoms with Crippen molar-refractivity contribution in [3.63, 3.8) is 0 Å². The maximum absolute atomic E-state index is 5.36. The van der Waals surface area contributed by atoms with E-state index in [-0.39, 0.29) is 5.41 Å². The fourth-order valence-corrected chi connectivity index (χ4v) is 7.74. The van der Waals surface area contributed by atoms with E-state index in [0.29, 0.717) is 5.92 Å². The lowest BCUT2D eigenvalue weighted by Gasteiger charge is -2.27. The van der Waals surface area contributed by atoms with Gasteiger partial charge in [-0.1, -0.05) is 123 Å². The molecule has 0 saturated heterocycles. The van der Waals surface area contributed by atoms with Crippen LogP contribution in [-0.4, -0.2) is 15.0 Å². The quantitative estimate of drug-likeness (QED) is 0.184. The molecule has 2 unspecified atom stereocenters. The second kappa shape index (κ2) is 11.2. The van der Waals surface area contributed by atoms with Gasteiger partial charge in [0.2, 0.25) is 0 Å². The van der Waals surface area contributed by atoms with Gasteiger partial charge in [-0.3, -0.25) is 4.98 Å². The van der Waals surface area contributed by atoms with E-state index >= 15 is 0 Å². The van der Waals surface area contributed by atoms with Crippen LogP contribution in [0, 0.1) is 0 Å². The largest absolute Gasteiger partial charge is 0.260 e. The number of allylic oxidation sites excluding steroid dienone is 5. The van der Waals surface area contributed by atoms with Crippen molar-refractivity contribution in [3.8, 4) is 22.5 Å². The summed E-state index contributed by atoms with van der Waals surface area (Å²) in [4.78, 5) is 15.4. The van der Waals surface area contributed by atoms with Gasteiger partial charge < -0.3 is 0 Å². The van der Waals surface area contributed by atoms with Crippen LogP contribution in [0.5, 0.6) is 0 Å². The summed E-state index contributed by atoms with van der Waals surface area (Å²) < 4.78 is 0. The number of hydrogen-bond acceptors (Lipinski definition) is 3. The third-order valence-electron chi connectivity index (χ3n) is 10.3. The molecular weight excluding hydrogens is 583 g/mol. The highest BCUT2D eigenvalue weighted by atomic mass is 14.9. The molecule has 2 aliphatic carbocycles. The first kappa shape index (κ1) is 28.5. The molecule has 7 aromatic rings. The topological polar surface area (TPSA) is 38.7 Å². The van der Waals surface area contributed by atoms with Gasteiger partial charge in [-0.05, 0) is 92.5 Å². The summed E-state index contributed by atoms with van der Waals surface area (Å²) in [6.45, 7) is 4.58. The molecule has 0 spiro atoms. The van der Waals surface area contributed by atoms with Crippen LogP contribution < -0.4 is 0 Å². The van der Waals surface area contributed by atoms with Crippen molar-refractivity contribution in [2.24, 2.45) is 0 Å². The van der Waals surface area contributed by atoms with Crippen LogP contribution in [0.15, 0.2) is 140 Å². The molecule has 9 rings (SSSR count). The average molecular weight is 618 g/mol. The van der Waals surface area contributed by atoms with E-state index in [1.807, 2.05) is 12.3 Å². The van der Waals surface area contributed by atoms with Gasteiger partial charge in [-0.15, -0.1) is 0 Å². The highest BCUT2D eigenvalue weighted by Gasteiger charge is 2.28. The Balaban J connectivity index is 1.29. The maximum Gasteiger partial charge on any atom is 0.160 e. The van der Waals surface area contributed by atoms with Crippen LogP contribution in [0.3, 0.4) is 0 Å². The molecule has 5 aromatic carbocycles. The van der Waals surface area contributed by atoms with E-state index in [4.69, 9.17) is 9.97 Å². The molecule has 3 heteroatoms. The Morgan fingerprint density at radius 3 is 2.06 bits per heavy atom. The van der Waals surface area contributed by atoms with E-state index < -0.39 is 0 Å². The van der Waals surface area contributed by atoms with Gasteiger partial charge in [-0.2, -0.15) is 0 Å². The molecule has 2 atom stereocenters. The van der Waals surface area contributed by atoms with E-state index in [2.05, 4.69) is 152 Å². The van der Waals surface area contributed by atoms with Gasteiger partial charge in [0.05, 0.1) is 17.1 Å². The van der Waals surface area contributed by atoms with Crippen LogP contribution in [-0.2, 0) is 5.41 Å². The third kappa shape index (κ3) is 4.69. The molecule has 0 bridgehead atoms. The zero-order valence-corrected chi connectivity index (χ0v) is 27.2. The minimum atomic E-state index is -0.183. The summed E-state index contributed by atoms with van der Waals surface area (Å²) in [5, 5.41) is 7.41. The van der Waals surface area contributed by atoms with Crippen LogP contribution in [0.25, 0.3) is 66.5 Å². The van der Waals surface area contributed by atoms with Gasteiger partial charge in [0, 0.05) is 28.3 Å². The van der Waals surface area contributed by atoms with Gasteiger partial charge in [0.25, 0.3) is 0 Å². The van der Waals surface area contributed by atoms with Gasteiger partial charge in [0.1, 0.15) is 0 Å². The first-order valence-corrected chi connectivity index (χ1v) is 16.9. The molecule has 0 saturated carbocycles. The van der Waals surface area contributed by atoms with Crippen LogP contribution >= 0.6 is 0 Å². The maximum atomic E-state index is 5.36. The SMILES string of the molecule is CC1CC=Cc2cc(-c3cc(-c4cc5ccccc5c5ccccc45)nc(C4=CCC(C)(c5ccccn5)C=C4)n3)c3ccccc3c21. The Morgan fingerprint density at radius 2 is 1.33 bits per heavy atom. The summed E-state index contributed by atoms with van der Waals surface area (Å²) in [6, 6.07) is 39.2. The Bertz CT molecular complexity index is 2490. The Labute approximate surface area is 281 Å². The van der Waals surface area contributed by atoms with Gasteiger partial charge in [0.15, 0.2) is 5.82 Å². The summed E-state index contributed by atoms with van der Waals surface area (Å²) in [5.41, 5.74) is 8.74. The molecule has 48 heavy (non-hydrogen) atoms. The average Bonchev–Trinajstić information content (AvgIpc) is 3.14. The fourth-order valence-electron chi connectivity index (χ4n) is 7.74. The van der Waals surface area contributed by atoms with Crippen LogP contribution in [0.2, 0.25) is 0 Å². The number of hydrogen-bond donors (Lipinski definition) is 0. The first-order chi connectivity index (χ1) is 23.6. The van der Waals surface area contributed by atoms with Crippen molar-refractivity contribution in [2.45, 2.75) is 38.0 Å². The normalized spacial score (nSPS) is 18.7. The fraction of sp³-hybridized carbons (Fsp3) is 0.133. The molecule has 0 N–H and O–H groups in total. The summed E-state index contributed by atoms with van der Waals surface area (Å²) in [7, 11) is 0. The standard InChI is InChI=1S/C45H35N3/c1-29-12-11-14-32-27-39(36-18-7-8-19-37(36)43(29)32)41-28-40(38-26-31-13-3-4-15-33(31)34-16-5-6-17-35(34)38)47-44(48-41)30-21-23-45(2,24-22-30)42-20-9-10-25-46-42/h3-11,13-23,25-29H,12,24H2,1-2H3. The highest BCUT2D eigenvalue weighted by molar-refractivity contribution is 6.13. The van der Waals surface area contributed by atoms with E-state index in [1.54, 1.807) is 0 Å². The number of fused-ring (bicyclic) bond motifs is 6. The van der Waals surface area contributed by atoms with Crippen LogP contribution in [0.4, 0.5) is 0 Å². The second-order valence-electron chi connectivity index (χ2n) is 13.5. The zero-order chi connectivity index (χ0) is 32.2. The lowest BCUT2D eigenvalue weighted by molar-refractivity contribution is 0.580. The molecule has 230 valence electrons. The number of rotatable bonds is 4. The molecule has 2 aromatic heterocycles. The Kier molecular flexibility index (Phi) is 6.69. The van der Waals surface area contributed by atoms with Crippen molar-refractivity contribution in [3.05, 3.63) is 162 Å². The van der Waals surface area contributed by atoms with E-state index in [9.17, 15) is 0 Å². The van der Waals surface area contributed by atoms with Crippen molar-refractivity contribution in [2.75, 3.05) is 0 Å². The minimum absolute atomic E-state index is 0.183. The zero-order valence-electron chi connectivity index (χ0n) is 27.2. The lowest BCUT2D eigenvalue weighted by Crippen LogP contribution is -2.21. The highest BCUT2D eigenvalue weighted by Crippen LogP contribution is 2.42. The lowest BCUT2D eigenvalue weighted by atomic mass is 9.78. The van der Waals surface area contributed by atoms with Crippen molar-refractivity contribution >= 4 is 44.0 Å². The molecule has 2 heterocycles. The summed E-state index contributed by atoms with van der Waals surface area (Å²) in [6.07, 6.45) is 15.1. The van der Waals surface area contributed by atoms with Crippen molar-refractivity contribution < 1.29 is 0 Å². The second-order valence-corrected chi connectivity index (χ2v) is 13.5. The van der Waals surface area contributed by atoms with Crippen LogP contribution in [0.1, 0.15) is 55.3 Å². The van der Waals surface area contributed by atoms with Crippen molar-refractivity contribution in [1.82, 2.24) is 15.0 Å². The molecule has 0 aliphatic heterocycles. The smallest absolute Gasteiger partial charge is 0.160 e. The molecule has 0 fully saturated rings. The predicted octanol–water partition coefficient (Wildman–Crippen LogP) is 11.5. The first-order valence-electron chi connectivity index (χ1n) is 16.9. The Hall–Kier alpha value is -5.67. The van der Waals surface area contributed by atoms with Gasteiger partial charge >= 0.3 is 0 Å².